The van der Waals surface area contributed by atoms with Gasteiger partial charge in [-0.3, -0.25) is 4.79 Å². The van der Waals surface area contributed by atoms with Crippen LogP contribution >= 0.6 is 0 Å². The number of hydrogen-bond donors (Lipinski definition) is 1. The molecule has 0 saturated carbocycles. The lowest BCUT2D eigenvalue weighted by molar-refractivity contribution is 0.0676. The molecular weight excluding hydrogens is 352 g/mol. The van der Waals surface area contributed by atoms with Crippen LogP contribution in [0.5, 0.6) is 0 Å². The molecule has 0 radical (unpaired) electrons. The van der Waals surface area contributed by atoms with Crippen molar-refractivity contribution in [3.8, 4) is 5.69 Å². The maximum atomic E-state index is 12.8. The SMILES string of the molecule is Cc1cnn(-c2ccc(C(=O)N3CCC[C@@H](CNS(C)(=O)=O)C3)cc2)c1. The minimum absolute atomic E-state index is 0.0164. The van der Waals surface area contributed by atoms with Gasteiger partial charge in [-0.15, -0.1) is 0 Å². The van der Waals surface area contributed by atoms with Gasteiger partial charge in [0.05, 0.1) is 18.1 Å². The van der Waals surface area contributed by atoms with E-state index >= 15 is 0 Å². The highest BCUT2D eigenvalue weighted by Gasteiger charge is 2.25. The third-order valence-corrected chi connectivity index (χ3v) is 5.22. The number of aromatic nitrogens is 2. The zero-order valence-electron chi connectivity index (χ0n) is 15.1. The van der Waals surface area contributed by atoms with E-state index in [0.29, 0.717) is 25.2 Å². The third-order valence-electron chi connectivity index (χ3n) is 4.53. The number of hydrogen-bond acceptors (Lipinski definition) is 4. The average molecular weight is 376 g/mol. The first-order valence-electron chi connectivity index (χ1n) is 8.67. The fourth-order valence-electron chi connectivity index (χ4n) is 3.18. The van der Waals surface area contributed by atoms with E-state index in [-0.39, 0.29) is 11.8 Å². The first kappa shape index (κ1) is 18.6. The largest absolute Gasteiger partial charge is 0.338 e. The fourth-order valence-corrected chi connectivity index (χ4v) is 3.72. The number of carbonyl (C=O) groups excluding carboxylic acids is 1. The molecule has 0 aliphatic carbocycles. The number of rotatable bonds is 5. The molecule has 7 nitrogen and oxygen atoms in total. The summed E-state index contributed by atoms with van der Waals surface area (Å²) in [4.78, 5) is 14.6. The standard InChI is InChI=1S/C18H24N4O3S/c1-14-10-19-22(12-14)17-7-5-16(6-8-17)18(23)21-9-3-4-15(13-21)11-20-26(2,24)25/h5-8,10,12,15,20H,3-4,9,11,13H2,1-2H3/t15-/m0/s1. The van der Waals surface area contributed by atoms with E-state index in [1.165, 1.54) is 0 Å². The molecule has 0 bridgehead atoms. The summed E-state index contributed by atoms with van der Waals surface area (Å²) in [6, 6.07) is 7.39. The van der Waals surface area contributed by atoms with Crippen LogP contribution in [0, 0.1) is 12.8 Å². The minimum Gasteiger partial charge on any atom is -0.338 e. The summed E-state index contributed by atoms with van der Waals surface area (Å²) in [5.74, 6) is 0.131. The highest BCUT2D eigenvalue weighted by atomic mass is 32.2. The second-order valence-electron chi connectivity index (χ2n) is 6.89. The van der Waals surface area contributed by atoms with Crippen LogP contribution in [0.2, 0.25) is 0 Å². The van der Waals surface area contributed by atoms with Crippen LogP contribution in [0.1, 0.15) is 28.8 Å². The Hall–Kier alpha value is -2.19. The van der Waals surface area contributed by atoms with Crippen molar-refractivity contribution < 1.29 is 13.2 Å². The van der Waals surface area contributed by atoms with Crippen molar-refractivity contribution in [1.29, 1.82) is 0 Å². The molecule has 1 amide bonds. The van der Waals surface area contributed by atoms with Gasteiger partial charge in [-0.25, -0.2) is 17.8 Å². The number of likely N-dealkylation sites (tertiary alicyclic amines) is 1. The average Bonchev–Trinajstić information content (AvgIpc) is 3.06. The molecule has 1 atom stereocenters. The predicted octanol–water partition coefficient (Wildman–Crippen LogP) is 1.58. The first-order chi connectivity index (χ1) is 12.3. The summed E-state index contributed by atoms with van der Waals surface area (Å²) in [6.07, 6.45) is 6.68. The summed E-state index contributed by atoms with van der Waals surface area (Å²) in [5, 5.41) is 4.27. The Morgan fingerprint density at radius 1 is 1.31 bits per heavy atom. The highest BCUT2D eigenvalue weighted by Crippen LogP contribution is 2.19. The van der Waals surface area contributed by atoms with Crippen LogP contribution in [0.25, 0.3) is 5.69 Å². The number of amides is 1. The quantitative estimate of drug-likeness (QED) is 0.859. The molecule has 2 heterocycles. The van der Waals surface area contributed by atoms with E-state index in [4.69, 9.17) is 0 Å². The number of aryl methyl sites for hydroxylation is 1. The van der Waals surface area contributed by atoms with Gasteiger partial charge in [0, 0.05) is 31.4 Å². The Labute approximate surface area is 154 Å². The lowest BCUT2D eigenvalue weighted by Gasteiger charge is -2.32. The zero-order valence-corrected chi connectivity index (χ0v) is 15.9. The van der Waals surface area contributed by atoms with Crippen LogP contribution in [0.3, 0.4) is 0 Å². The molecule has 0 spiro atoms. The van der Waals surface area contributed by atoms with E-state index in [2.05, 4.69) is 9.82 Å². The Morgan fingerprint density at radius 2 is 2.04 bits per heavy atom. The molecule has 1 saturated heterocycles. The second-order valence-corrected chi connectivity index (χ2v) is 8.72. The van der Waals surface area contributed by atoms with Gasteiger partial charge in [0.2, 0.25) is 10.0 Å². The summed E-state index contributed by atoms with van der Waals surface area (Å²) in [6.45, 7) is 3.63. The van der Waals surface area contributed by atoms with Gasteiger partial charge >= 0.3 is 0 Å². The van der Waals surface area contributed by atoms with Gasteiger partial charge in [-0.05, 0) is 55.5 Å². The minimum atomic E-state index is -3.20. The van der Waals surface area contributed by atoms with Gasteiger partial charge in [0.25, 0.3) is 5.91 Å². The van der Waals surface area contributed by atoms with Crippen molar-refractivity contribution in [3.63, 3.8) is 0 Å². The van der Waals surface area contributed by atoms with Crippen molar-refractivity contribution in [3.05, 3.63) is 47.8 Å². The van der Waals surface area contributed by atoms with Crippen molar-refractivity contribution in [1.82, 2.24) is 19.4 Å². The van der Waals surface area contributed by atoms with Crippen molar-refractivity contribution in [2.75, 3.05) is 25.9 Å². The number of piperidine rings is 1. The summed E-state index contributed by atoms with van der Waals surface area (Å²) in [7, 11) is -3.20. The summed E-state index contributed by atoms with van der Waals surface area (Å²) < 4.78 is 26.8. The molecule has 1 N–H and O–H groups in total. The molecule has 3 rings (SSSR count). The Kier molecular flexibility index (Phi) is 5.43. The van der Waals surface area contributed by atoms with Gasteiger partial charge < -0.3 is 4.90 Å². The maximum absolute atomic E-state index is 12.8. The monoisotopic (exact) mass is 376 g/mol. The van der Waals surface area contributed by atoms with Crippen LogP contribution < -0.4 is 4.72 Å². The molecule has 0 unspecified atom stereocenters. The third kappa shape index (κ3) is 4.70. The number of sulfonamides is 1. The van der Waals surface area contributed by atoms with Crippen LogP contribution in [-0.2, 0) is 10.0 Å². The molecule has 2 aromatic rings. The first-order valence-corrected chi connectivity index (χ1v) is 10.6. The van der Waals surface area contributed by atoms with Gasteiger partial charge in [-0.1, -0.05) is 0 Å². The van der Waals surface area contributed by atoms with Crippen LogP contribution in [0.4, 0.5) is 0 Å². The lowest BCUT2D eigenvalue weighted by Crippen LogP contribution is -2.43. The predicted molar refractivity (Wildman–Crippen MR) is 99.8 cm³/mol. The van der Waals surface area contributed by atoms with E-state index in [9.17, 15) is 13.2 Å². The molecule has 1 fully saturated rings. The van der Waals surface area contributed by atoms with E-state index in [1.807, 2.05) is 42.3 Å². The highest BCUT2D eigenvalue weighted by molar-refractivity contribution is 7.88. The Bertz CT molecular complexity index is 874. The summed E-state index contributed by atoms with van der Waals surface area (Å²) >= 11 is 0. The number of nitrogens with zero attached hydrogens (tertiary/aromatic N) is 3. The van der Waals surface area contributed by atoms with Crippen molar-refractivity contribution in [2.45, 2.75) is 19.8 Å². The van der Waals surface area contributed by atoms with Crippen molar-refractivity contribution in [2.24, 2.45) is 5.92 Å². The number of carbonyl (C=O) groups is 1. The lowest BCUT2D eigenvalue weighted by atomic mass is 9.97. The van der Waals surface area contributed by atoms with Gasteiger partial charge in [0.1, 0.15) is 0 Å². The molecule has 8 heteroatoms. The molecule has 1 aliphatic rings. The molecule has 1 aromatic heterocycles. The second kappa shape index (κ2) is 7.59. The normalized spacial score (nSPS) is 18.1. The topological polar surface area (TPSA) is 84.3 Å². The Balaban J connectivity index is 1.64. The number of benzene rings is 1. The van der Waals surface area contributed by atoms with Crippen LogP contribution in [0.15, 0.2) is 36.7 Å². The van der Waals surface area contributed by atoms with E-state index in [1.54, 1.807) is 10.9 Å². The Morgan fingerprint density at radius 3 is 2.65 bits per heavy atom. The smallest absolute Gasteiger partial charge is 0.253 e. The molecule has 1 aromatic carbocycles. The van der Waals surface area contributed by atoms with Crippen LogP contribution in [-0.4, -0.2) is 54.9 Å². The van der Waals surface area contributed by atoms with Gasteiger partial charge in [0.15, 0.2) is 0 Å². The maximum Gasteiger partial charge on any atom is 0.253 e. The molecule has 1 aliphatic heterocycles. The molecular formula is C18H24N4O3S. The summed E-state index contributed by atoms with van der Waals surface area (Å²) in [5.41, 5.74) is 2.62. The molecule has 26 heavy (non-hydrogen) atoms. The van der Waals surface area contributed by atoms with Gasteiger partial charge in [-0.2, -0.15) is 5.10 Å². The molecule has 140 valence electrons. The zero-order chi connectivity index (χ0) is 18.7. The number of nitrogens with one attached hydrogen (secondary N) is 1. The van der Waals surface area contributed by atoms with E-state index < -0.39 is 10.0 Å². The van der Waals surface area contributed by atoms with Crippen molar-refractivity contribution >= 4 is 15.9 Å². The fraction of sp³-hybridized carbons (Fsp3) is 0.444. The van der Waals surface area contributed by atoms with E-state index in [0.717, 1.165) is 30.3 Å².